The number of rotatable bonds is 6. The smallest absolute Gasteiger partial charge is 0.254 e. The van der Waals surface area contributed by atoms with E-state index in [-0.39, 0.29) is 11.9 Å². The molecule has 0 spiro atoms. The molecule has 1 unspecified atom stereocenters. The molecule has 1 aromatic carbocycles. The molecule has 4 nitrogen and oxygen atoms in total. The molecule has 2 rings (SSSR count). The average molecular weight is 306 g/mol. The zero-order valence-electron chi connectivity index (χ0n) is 12.3. The van der Waals surface area contributed by atoms with E-state index in [9.17, 15) is 4.79 Å². The highest BCUT2D eigenvalue weighted by molar-refractivity contribution is 6.17. The van der Waals surface area contributed by atoms with Gasteiger partial charge < -0.3 is 5.32 Å². The van der Waals surface area contributed by atoms with Gasteiger partial charge in [0, 0.05) is 18.1 Å². The van der Waals surface area contributed by atoms with Gasteiger partial charge in [-0.25, -0.2) is 4.68 Å². The topological polar surface area (TPSA) is 46.9 Å². The Kier molecular flexibility index (Phi) is 5.39. The second kappa shape index (κ2) is 7.27. The fourth-order valence-electron chi connectivity index (χ4n) is 2.10. The van der Waals surface area contributed by atoms with Crippen molar-refractivity contribution in [2.24, 2.45) is 5.92 Å². The Bertz CT molecular complexity index is 580. The predicted octanol–water partition coefficient (Wildman–Crippen LogP) is 3.26. The van der Waals surface area contributed by atoms with Gasteiger partial charge in [0.1, 0.15) is 0 Å². The van der Waals surface area contributed by atoms with E-state index < -0.39 is 0 Å². The summed E-state index contributed by atoms with van der Waals surface area (Å²) in [5, 5.41) is 7.26. The average Bonchev–Trinajstić information content (AvgIpc) is 2.97. The van der Waals surface area contributed by atoms with E-state index in [1.807, 2.05) is 30.3 Å². The van der Waals surface area contributed by atoms with E-state index in [4.69, 9.17) is 11.6 Å². The number of para-hydroxylation sites is 1. The molecule has 5 heteroatoms. The van der Waals surface area contributed by atoms with Crippen molar-refractivity contribution >= 4 is 17.5 Å². The summed E-state index contributed by atoms with van der Waals surface area (Å²) in [6, 6.07) is 9.78. The lowest BCUT2D eigenvalue weighted by Gasteiger charge is -2.20. The molecule has 1 amide bonds. The number of alkyl halides is 1. The first-order valence-electron chi connectivity index (χ1n) is 7.08. The minimum absolute atomic E-state index is 0.0788. The molecule has 2 aromatic rings. The Morgan fingerprint density at radius 1 is 1.33 bits per heavy atom. The lowest BCUT2D eigenvalue weighted by Crippen LogP contribution is -2.38. The standard InChI is InChI=1S/C16H20ClN3O/c1-12(2)15(8-9-17)19-16(21)13-10-18-20(11-13)14-6-4-3-5-7-14/h3-7,10-12,15H,8-9H2,1-2H3,(H,19,21). The lowest BCUT2D eigenvalue weighted by molar-refractivity contribution is 0.0925. The van der Waals surface area contributed by atoms with Gasteiger partial charge in [-0.3, -0.25) is 4.79 Å². The van der Waals surface area contributed by atoms with E-state index in [0.717, 1.165) is 12.1 Å². The van der Waals surface area contributed by atoms with E-state index in [0.29, 0.717) is 17.4 Å². The highest BCUT2D eigenvalue weighted by Gasteiger charge is 2.17. The molecule has 1 N–H and O–H groups in total. The molecule has 1 aromatic heterocycles. The molecule has 0 radical (unpaired) electrons. The second-order valence-corrected chi connectivity index (χ2v) is 5.69. The Morgan fingerprint density at radius 3 is 2.67 bits per heavy atom. The highest BCUT2D eigenvalue weighted by Crippen LogP contribution is 2.11. The number of nitrogens with one attached hydrogen (secondary N) is 1. The van der Waals surface area contributed by atoms with Crippen molar-refractivity contribution in [1.82, 2.24) is 15.1 Å². The summed E-state index contributed by atoms with van der Waals surface area (Å²) in [5.41, 5.74) is 1.48. The van der Waals surface area contributed by atoms with Gasteiger partial charge in [0.05, 0.1) is 17.4 Å². The van der Waals surface area contributed by atoms with Gasteiger partial charge in [0.2, 0.25) is 0 Å². The van der Waals surface area contributed by atoms with Crippen LogP contribution in [-0.2, 0) is 0 Å². The normalized spacial score (nSPS) is 12.4. The number of carbonyl (C=O) groups is 1. The van der Waals surface area contributed by atoms with Gasteiger partial charge in [-0.2, -0.15) is 5.10 Å². The summed E-state index contributed by atoms with van der Waals surface area (Å²) < 4.78 is 1.70. The van der Waals surface area contributed by atoms with Gasteiger partial charge in [-0.05, 0) is 24.5 Å². The van der Waals surface area contributed by atoms with Crippen LogP contribution in [0.2, 0.25) is 0 Å². The zero-order valence-corrected chi connectivity index (χ0v) is 13.0. The predicted molar refractivity (Wildman–Crippen MR) is 85.0 cm³/mol. The van der Waals surface area contributed by atoms with Crippen LogP contribution < -0.4 is 5.32 Å². The number of benzene rings is 1. The first-order valence-corrected chi connectivity index (χ1v) is 7.62. The molecule has 0 aliphatic rings. The van der Waals surface area contributed by atoms with Gasteiger partial charge in [-0.1, -0.05) is 32.0 Å². The monoisotopic (exact) mass is 305 g/mol. The van der Waals surface area contributed by atoms with E-state index >= 15 is 0 Å². The summed E-state index contributed by atoms with van der Waals surface area (Å²) in [6.07, 6.45) is 4.08. The molecular weight excluding hydrogens is 286 g/mol. The number of nitrogens with zero attached hydrogens (tertiary/aromatic N) is 2. The number of aromatic nitrogens is 2. The van der Waals surface area contributed by atoms with Crippen molar-refractivity contribution in [3.8, 4) is 5.69 Å². The summed E-state index contributed by atoms with van der Waals surface area (Å²) in [7, 11) is 0. The van der Waals surface area contributed by atoms with Crippen molar-refractivity contribution < 1.29 is 4.79 Å². The maximum absolute atomic E-state index is 12.3. The summed E-state index contributed by atoms with van der Waals surface area (Å²) in [5.74, 6) is 0.768. The van der Waals surface area contributed by atoms with Gasteiger partial charge in [0.25, 0.3) is 5.91 Å². The molecule has 0 saturated heterocycles. The van der Waals surface area contributed by atoms with Crippen LogP contribution >= 0.6 is 11.6 Å². The number of hydrogen-bond acceptors (Lipinski definition) is 2. The van der Waals surface area contributed by atoms with Gasteiger partial charge >= 0.3 is 0 Å². The molecule has 1 atom stereocenters. The van der Waals surface area contributed by atoms with Crippen molar-refractivity contribution in [1.29, 1.82) is 0 Å². The third-order valence-electron chi connectivity index (χ3n) is 3.41. The molecule has 0 bridgehead atoms. The fraction of sp³-hybridized carbons (Fsp3) is 0.375. The second-order valence-electron chi connectivity index (χ2n) is 5.31. The number of halogens is 1. The first kappa shape index (κ1) is 15.6. The molecule has 0 aliphatic carbocycles. The van der Waals surface area contributed by atoms with Crippen LogP contribution in [0, 0.1) is 5.92 Å². The van der Waals surface area contributed by atoms with Crippen molar-refractivity contribution in [2.75, 3.05) is 5.88 Å². The van der Waals surface area contributed by atoms with Gasteiger partial charge in [0.15, 0.2) is 0 Å². The van der Waals surface area contributed by atoms with E-state index in [1.165, 1.54) is 0 Å². The van der Waals surface area contributed by atoms with Crippen LogP contribution in [0.3, 0.4) is 0 Å². The summed E-state index contributed by atoms with van der Waals surface area (Å²) >= 11 is 5.79. The minimum Gasteiger partial charge on any atom is -0.349 e. The third-order valence-corrected chi connectivity index (χ3v) is 3.63. The molecule has 0 saturated carbocycles. The Hall–Kier alpha value is -1.81. The largest absolute Gasteiger partial charge is 0.349 e. The number of amides is 1. The van der Waals surface area contributed by atoms with Crippen LogP contribution in [-0.4, -0.2) is 27.6 Å². The molecule has 112 valence electrons. The summed E-state index contributed by atoms with van der Waals surface area (Å²) in [4.78, 5) is 12.3. The van der Waals surface area contributed by atoms with Crippen LogP contribution in [0.1, 0.15) is 30.6 Å². The number of carbonyl (C=O) groups excluding carboxylic acids is 1. The first-order chi connectivity index (χ1) is 10.1. The quantitative estimate of drug-likeness (QED) is 0.833. The SMILES string of the molecule is CC(C)C(CCCl)NC(=O)c1cnn(-c2ccccc2)c1. The maximum atomic E-state index is 12.3. The summed E-state index contributed by atoms with van der Waals surface area (Å²) in [6.45, 7) is 4.15. The van der Waals surface area contributed by atoms with Crippen molar-refractivity contribution in [2.45, 2.75) is 26.3 Å². The minimum atomic E-state index is -0.110. The molecule has 21 heavy (non-hydrogen) atoms. The number of hydrogen-bond donors (Lipinski definition) is 1. The van der Waals surface area contributed by atoms with Crippen molar-refractivity contribution in [3.05, 3.63) is 48.3 Å². The Labute approximate surface area is 130 Å². The van der Waals surface area contributed by atoms with Crippen LogP contribution in [0.5, 0.6) is 0 Å². The molecule has 0 aliphatic heterocycles. The van der Waals surface area contributed by atoms with E-state index in [2.05, 4.69) is 24.3 Å². The van der Waals surface area contributed by atoms with Gasteiger partial charge in [-0.15, -0.1) is 11.6 Å². The molecule has 0 fully saturated rings. The van der Waals surface area contributed by atoms with Crippen LogP contribution in [0.25, 0.3) is 5.69 Å². The lowest BCUT2D eigenvalue weighted by atomic mass is 10.0. The Balaban J connectivity index is 2.08. The third kappa shape index (κ3) is 4.08. The van der Waals surface area contributed by atoms with Crippen LogP contribution in [0.4, 0.5) is 0 Å². The molecule has 1 heterocycles. The Morgan fingerprint density at radius 2 is 2.05 bits per heavy atom. The van der Waals surface area contributed by atoms with Crippen molar-refractivity contribution in [3.63, 3.8) is 0 Å². The fourth-order valence-corrected chi connectivity index (χ4v) is 2.34. The highest BCUT2D eigenvalue weighted by atomic mass is 35.5. The van der Waals surface area contributed by atoms with Crippen LogP contribution in [0.15, 0.2) is 42.7 Å². The van der Waals surface area contributed by atoms with E-state index in [1.54, 1.807) is 17.1 Å². The maximum Gasteiger partial charge on any atom is 0.254 e. The molecular formula is C16H20ClN3O. The zero-order chi connectivity index (χ0) is 15.2.